The Labute approximate surface area is 356 Å². The zero-order valence-corrected chi connectivity index (χ0v) is 34.7. The van der Waals surface area contributed by atoms with E-state index in [1.54, 1.807) is 20.8 Å². The standard InChI is InChI=1S/C49H51ClN4O6/c1-30-15-17-34-18-16-31-22-26-51(44(31)47(58)53(30)34)46(57)42-20-19-35-21-24-49(48(59)54(35)42)23-8-25-52(49)45(56)33(27-32-9-2-7-14-41(32)50)28-43(55)60-29-40-38-12-5-3-10-36(38)37-11-4-6-13-39(37)40/h2-7,9-14,16,18,21,24,30-31,33-35,40,42,44H,8,15,17,19-20,22-23,25-29H2,1H3/t30-,31+,33?,34-,35+,42+,44+,49-/m1/s1. The van der Waals surface area contributed by atoms with E-state index in [9.17, 15) is 14.4 Å². The smallest absolute Gasteiger partial charge is 0.306 e. The third-order valence-corrected chi connectivity index (χ3v) is 15.1. The molecule has 0 bridgehead atoms. The molecular formula is C49H51ClN4O6. The number of likely N-dealkylation sites (tertiary alicyclic amines) is 2. The number of carbonyl (C=O) groups excluding carboxylic acids is 5. The van der Waals surface area contributed by atoms with E-state index in [4.69, 9.17) is 16.3 Å². The van der Waals surface area contributed by atoms with Crippen LogP contribution in [-0.2, 0) is 35.1 Å². The molecule has 0 radical (unpaired) electrons. The summed E-state index contributed by atoms with van der Waals surface area (Å²) in [7, 11) is 0. The van der Waals surface area contributed by atoms with Crippen molar-refractivity contribution >= 4 is 41.2 Å². The average Bonchev–Trinajstić information content (AvgIpc) is 4.09. The van der Waals surface area contributed by atoms with Gasteiger partial charge in [0.25, 0.3) is 5.91 Å². The minimum Gasteiger partial charge on any atom is -0.465 e. The second-order valence-corrected chi connectivity index (χ2v) is 18.3. The molecule has 1 aliphatic carbocycles. The Morgan fingerprint density at radius 1 is 0.817 bits per heavy atom. The third kappa shape index (κ3) is 6.31. The molecule has 11 heteroatoms. The number of ether oxygens (including phenoxy) is 1. The van der Waals surface area contributed by atoms with Gasteiger partial charge in [-0.2, -0.15) is 0 Å². The molecule has 310 valence electrons. The Hall–Kier alpha value is -5.22. The SMILES string of the molecule is C[C@@H]1CC[C@@H]2C=C[C@H]3CCN(C(=O)[C@@H]4CC[C@H]5C=C[C@]6(CCCN6C(=O)C(CC(=O)OCC6c7ccccc7-c7ccccc76)Cc6ccccc6Cl)C(=O)N54)[C@@H]3C(=O)N12. The number of benzene rings is 3. The first-order chi connectivity index (χ1) is 29.1. The lowest BCUT2D eigenvalue weighted by molar-refractivity contribution is -0.158. The summed E-state index contributed by atoms with van der Waals surface area (Å²) in [6.07, 6.45) is 12.9. The van der Waals surface area contributed by atoms with E-state index >= 15 is 9.59 Å². The summed E-state index contributed by atoms with van der Waals surface area (Å²) < 4.78 is 6.03. The molecule has 6 aliphatic heterocycles. The number of halogens is 1. The topological polar surface area (TPSA) is 108 Å². The van der Waals surface area contributed by atoms with Crippen molar-refractivity contribution < 1.29 is 28.7 Å². The Balaban J connectivity index is 0.889. The van der Waals surface area contributed by atoms with Crippen LogP contribution in [0.2, 0.25) is 5.02 Å². The summed E-state index contributed by atoms with van der Waals surface area (Å²) in [6, 6.07) is 22.2. The summed E-state index contributed by atoms with van der Waals surface area (Å²) >= 11 is 6.66. The van der Waals surface area contributed by atoms with Gasteiger partial charge in [-0.3, -0.25) is 24.0 Å². The Morgan fingerprint density at radius 3 is 2.28 bits per heavy atom. The van der Waals surface area contributed by atoms with Gasteiger partial charge in [0, 0.05) is 36.0 Å². The van der Waals surface area contributed by atoms with E-state index in [1.165, 1.54) is 0 Å². The maximum absolute atomic E-state index is 15.1. The van der Waals surface area contributed by atoms with Crippen molar-refractivity contribution in [2.75, 3.05) is 19.7 Å². The first-order valence-electron chi connectivity index (χ1n) is 21.9. The Morgan fingerprint density at radius 2 is 1.52 bits per heavy atom. The van der Waals surface area contributed by atoms with Crippen molar-refractivity contribution in [3.63, 3.8) is 0 Å². The van der Waals surface area contributed by atoms with Gasteiger partial charge in [-0.25, -0.2) is 0 Å². The molecule has 3 aromatic carbocycles. The molecule has 8 atom stereocenters. The molecule has 60 heavy (non-hydrogen) atoms. The van der Waals surface area contributed by atoms with Crippen molar-refractivity contribution in [1.82, 2.24) is 19.6 Å². The number of amides is 4. The highest BCUT2D eigenvalue weighted by Crippen LogP contribution is 2.46. The summed E-state index contributed by atoms with van der Waals surface area (Å²) in [5, 5.41) is 0.496. The van der Waals surface area contributed by atoms with Crippen LogP contribution >= 0.6 is 11.6 Å². The van der Waals surface area contributed by atoms with Gasteiger partial charge in [-0.05, 0) is 92.2 Å². The normalized spacial score (nSPS) is 29.4. The number of rotatable bonds is 8. The summed E-state index contributed by atoms with van der Waals surface area (Å²) in [6.45, 7) is 3.02. The van der Waals surface area contributed by atoms with Crippen LogP contribution in [0.1, 0.15) is 80.9 Å². The van der Waals surface area contributed by atoms with E-state index in [0.717, 1.165) is 40.7 Å². The van der Waals surface area contributed by atoms with E-state index in [2.05, 4.69) is 43.3 Å². The predicted octanol–water partition coefficient (Wildman–Crippen LogP) is 6.70. The van der Waals surface area contributed by atoms with E-state index in [0.29, 0.717) is 50.2 Å². The molecule has 4 fully saturated rings. The van der Waals surface area contributed by atoms with Gasteiger partial charge in [0.1, 0.15) is 24.2 Å². The van der Waals surface area contributed by atoms with E-state index in [1.807, 2.05) is 59.5 Å². The summed E-state index contributed by atoms with van der Waals surface area (Å²) in [5.74, 6) is -2.26. The van der Waals surface area contributed by atoms with Crippen molar-refractivity contribution in [3.05, 3.63) is 119 Å². The van der Waals surface area contributed by atoms with Crippen LogP contribution in [0.5, 0.6) is 0 Å². The van der Waals surface area contributed by atoms with Crippen LogP contribution in [0.4, 0.5) is 0 Å². The molecule has 1 spiro atoms. The van der Waals surface area contributed by atoms with Gasteiger partial charge in [-0.1, -0.05) is 103 Å². The van der Waals surface area contributed by atoms with Crippen LogP contribution in [0.3, 0.4) is 0 Å². The van der Waals surface area contributed by atoms with Gasteiger partial charge >= 0.3 is 5.97 Å². The number of hydrogen-bond donors (Lipinski definition) is 0. The van der Waals surface area contributed by atoms with Crippen molar-refractivity contribution in [3.8, 4) is 11.1 Å². The van der Waals surface area contributed by atoms with Gasteiger partial charge in [-0.15, -0.1) is 0 Å². The molecule has 0 N–H and O–H groups in total. The highest BCUT2D eigenvalue weighted by Gasteiger charge is 2.58. The van der Waals surface area contributed by atoms with Crippen LogP contribution in [0.15, 0.2) is 97.1 Å². The average molecular weight is 827 g/mol. The second kappa shape index (κ2) is 15.4. The maximum atomic E-state index is 15.1. The molecule has 10 rings (SSSR count). The fourth-order valence-corrected chi connectivity index (χ4v) is 11.9. The molecule has 4 saturated heterocycles. The molecule has 1 unspecified atom stereocenters. The number of fused-ring (bicyclic) bond motifs is 6. The maximum Gasteiger partial charge on any atom is 0.306 e. The third-order valence-electron chi connectivity index (χ3n) is 14.7. The quantitative estimate of drug-likeness (QED) is 0.185. The Kier molecular flexibility index (Phi) is 9.97. The first-order valence-corrected chi connectivity index (χ1v) is 22.2. The number of nitrogens with zero attached hydrogens (tertiary/aromatic N) is 4. The summed E-state index contributed by atoms with van der Waals surface area (Å²) in [5.41, 5.74) is 3.91. The lowest BCUT2D eigenvalue weighted by Gasteiger charge is -2.45. The number of hydrogen-bond acceptors (Lipinski definition) is 6. The number of esters is 1. The molecule has 4 amide bonds. The molecule has 10 nitrogen and oxygen atoms in total. The fourth-order valence-electron chi connectivity index (χ4n) is 11.7. The van der Waals surface area contributed by atoms with Gasteiger partial charge in [0.2, 0.25) is 17.7 Å². The van der Waals surface area contributed by atoms with Crippen LogP contribution in [-0.4, -0.2) is 105 Å². The zero-order chi connectivity index (χ0) is 41.3. The monoisotopic (exact) mass is 826 g/mol. The van der Waals surface area contributed by atoms with Gasteiger partial charge < -0.3 is 24.3 Å². The van der Waals surface area contributed by atoms with Crippen molar-refractivity contribution in [2.24, 2.45) is 11.8 Å². The lowest BCUT2D eigenvalue weighted by atomic mass is 9.86. The van der Waals surface area contributed by atoms with Gasteiger partial charge in [0.15, 0.2) is 0 Å². The molecule has 7 aliphatic rings. The summed E-state index contributed by atoms with van der Waals surface area (Å²) in [4.78, 5) is 79.9. The molecule has 6 heterocycles. The highest BCUT2D eigenvalue weighted by molar-refractivity contribution is 6.31. The van der Waals surface area contributed by atoms with Crippen molar-refractivity contribution in [2.45, 2.75) is 106 Å². The lowest BCUT2D eigenvalue weighted by Crippen LogP contribution is -2.64. The van der Waals surface area contributed by atoms with Crippen molar-refractivity contribution in [1.29, 1.82) is 0 Å². The second-order valence-electron chi connectivity index (χ2n) is 17.9. The van der Waals surface area contributed by atoms with Crippen LogP contribution < -0.4 is 0 Å². The molecule has 0 saturated carbocycles. The van der Waals surface area contributed by atoms with E-state index < -0.39 is 29.5 Å². The molecule has 3 aromatic rings. The first kappa shape index (κ1) is 38.9. The molecule has 0 aromatic heterocycles. The fraction of sp³-hybridized carbons (Fsp3) is 0.449. The minimum absolute atomic E-state index is 0.00950. The Bertz CT molecular complexity index is 2280. The highest BCUT2D eigenvalue weighted by atomic mass is 35.5. The molecular weight excluding hydrogens is 776 g/mol. The number of carbonyl (C=O) groups is 5. The largest absolute Gasteiger partial charge is 0.465 e. The predicted molar refractivity (Wildman–Crippen MR) is 226 cm³/mol. The zero-order valence-electron chi connectivity index (χ0n) is 34.0. The minimum atomic E-state index is -1.29. The van der Waals surface area contributed by atoms with Crippen LogP contribution in [0.25, 0.3) is 11.1 Å². The van der Waals surface area contributed by atoms with Gasteiger partial charge in [0.05, 0.1) is 24.4 Å². The van der Waals surface area contributed by atoms with Crippen LogP contribution in [0, 0.1) is 11.8 Å². The van der Waals surface area contributed by atoms with E-state index in [-0.39, 0.29) is 73.0 Å².